The second kappa shape index (κ2) is 7.64. The number of hydrogen-bond donors (Lipinski definition) is 2. The fourth-order valence-electron chi connectivity index (χ4n) is 2.22. The lowest BCUT2D eigenvalue weighted by Crippen LogP contribution is -2.43. The number of alkyl carbamates (subject to hydrolysis) is 1. The Balaban J connectivity index is 1.79. The van der Waals surface area contributed by atoms with E-state index in [0.29, 0.717) is 6.61 Å². The summed E-state index contributed by atoms with van der Waals surface area (Å²) in [6.07, 6.45) is 1.17. The van der Waals surface area contributed by atoms with Crippen molar-refractivity contribution in [1.82, 2.24) is 5.32 Å². The van der Waals surface area contributed by atoms with Crippen molar-refractivity contribution >= 4 is 12.1 Å². The summed E-state index contributed by atoms with van der Waals surface area (Å²) in [5.74, 6) is -1.08. The third-order valence-electron chi connectivity index (χ3n) is 3.33. The summed E-state index contributed by atoms with van der Waals surface area (Å²) in [6, 6.07) is 8.22. The first-order valence-corrected chi connectivity index (χ1v) is 6.97. The van der Waals surface area contributed by atoms with Crippen LogP contribution in [0.15, 0.2) is 30.3 Å². The van der Waals surface area contributed by atoms with E-state index < -0.39 is 18.1 Å². The number of amides is 1. The molecule has 2 rings (SSSR count). The molecule has 21 heavy (non-hydrogen) atoms. The van der Waals surface area contributed by atoms with Crippen molar-refractivity contribution in [2.75, 3.05) is 6.61 Å². The zero-order valence-corrected chi connectivity index (χ0v) is 11.7. The van der Waals surface area contributed by atoms with Gasteiger partial charge in [-0.25, -0.2) is 9.59 Å². The highest BCUT2D eigenvalue weighted by atomic mass is 16.5. The van der Waals surface area contributed by atoms with Gasteiger partial charge in [0.1, 0.15) is 12.6 Å². The van der Waals surface area contributed by atoms with E-state index in [0.717, 1.165) is 18.4 Å². The predicted octanol–water partition coefficient (Wildman–Crippen LogP) is 1.94. The van der Waals surface area contributed by atoms with Crippen molar-refractivity contribution in [1.29, 1.82) is 0 Å². The Morgan fingerprint density at radius 1 is 1.38 bits per heavy atom. The average molecular weight is 293 g/mol. The van der Waals surface area contributed by atoms with Gasteiger partial charge in [-0.05, 0) is 18.4 Å². The van der Waals surface area contributed by atoms with Crippen LogP contribution < -0.4 is 5.32 Å². The number of benzene rings is 1. The molecule has 1 aliphatic rings. The molecule has 6 heteroatoms. The molecular formula is C15H19NO5. The monoisotopic (exact) mass is 293 g/mol. The van der Waals surface area contributed by atoms with Gasteiger partial charge >= 0.3 is 12.1 Å². The van der Waals surface area contributed by atoms with Crippen molar-refractivity contribution in [3.05, 3.63) is 35.9 Å². The number of carboxylic acids is 1. The first kappa shape index (κ1) is 15.3. The van der Waals surface area contributed by atoms with Crippen LogP contribution in [-0.2, 0) is 20.9 Å². The van der Waals surface area contributed by atoms with Crippen LogP contribution in [0.4, 0.5) is 4.79 Å². The highest BCUT2D eigenvalue weighted by molar-refractivity contribution is 5.79. The van der Waals surface area contributed by atoms with E-state index in [1.165, 1.54) is 0 Å². The zero-order chi connectivity index (χ0) is 15.1. The summed E-state index contributed by atoms with van der Waals surface area (Å²) in [5, 5.41) is 11.5. The van der Waals surface area contributed by atoms with E-state index in [4.69, 9.17) is 14.6 Å². The fourth-order valence-corrected chi connectivity index (χ4v) is 2.22. The number of carboxylic acid groups (broad SMARTS) is 1. The number of carbonyl (C=O) groups excluding carboxylic acids is 1. The van der Waals surface area contributed by atoms with Gasteiger partial charge < -0.3 is 19.9 Å². The van der Waals surface area contributed by atoms with E-state index >= 15 is 0 Å². The van der Waals surface area contributed by atoms with Gasteiger partial charge in [0, 0.05) is 13.0 Å². The van der Waals surface area contributed by atoms with E-state index in [-0.39, 0.29) is 19.1 Å². The molecule has 0 radical (unpaired) electrons. The van der Waals surface area contributed by atoms with Crippen LogP contribution in [0.5, 0.6) is 0 Å². The van der Waals surface area contributed by atoms with Crippen LogP contribution in [0.3, 0.4) is 0 Å². The maximum absolute atomic E-state index is 11.7. The quantitative estimate of drug-likeness (QED) is 0.837. The van der Waals surface area contributed by atoms with Crippen molar-refractivity contribution in [3.63, 3.8) is 0 Å². The van der Waals surface area contributed by atoms with E-state index in [2.05, 4.69) is 5.32 Å². The second-order valence-corrected chi connectivity index (χ2v) is 4.97. The molecule has 1 saturated heterocycles. The van der Waals surface area contributed by atoms with Gasteiger partial charge in [-0.1, -0.05) is 30.3 Å². The number of hydrogen-bond acceptors (Lipinski definition) is 4. The minimum absolute atomic E-state index is 0.110. The van der Waals surface area contributed by atoms with E-state index in [1.807, 2.05) is 30.3 Å². The molecule has 0 aliphatic carbocycles. The summed E-state index contributed by atoms with van der Waals surface area (Å²) < 4.78 is 10.4. The maximum atomic E-state index is 11.7. The lowest BCUT2D eigenvalue weighted by molar-refractivity contribution is -0.140. The van der Waals surface area contributed by atoms with Gasteiger partial charge in [-0.2, -0.15) is 0 Å². The number of ether oxygens (including phenoxy) is 2. The molecule has 1 amide bonds. The molecule has 0 saturated carbocycles. The van der Waals surface area contributed by atoms with Crippen LogP contribution in [0.1, 0.15) is 24.8 Å². The molecule has 1 aromatic carbocycles. The Hall–Kier alpha value is -2.08. The first-order valence-electron chi connectivity index (χ1n) is 6.97. The topological polar surface area (TPSA) is 84.9 Å². The minimum atomic E-state index is -1.08. The molecule has 0 aromatic heterocycles. The Morgan fingerprint density at radius 2 is 2.14 bits per heavy atom. The highest BCUT2D eigenvalue weighted by Crippen LogP contribution is 2.17. The second-order valence-electron chi connectivity index (χ2n) is 4.97. The van der Waals surface area contributed by atoms with Gasteiger partial charge in [-0.3, -0.25) is 0 Å². The van der Waals surface area contributed by atoms with Gasteiger partial charge in [-0.15, -0.1) is 0 Å². The van der Waals surface area contributed by atoms with E-state index in [9.17, 15) is 9.59 Å². The third kappa shape index (κ3) is 5.07. The average Bonchev–Trinajstić information content (AvgIpc) is 2.98. The molecular weight excluding hydrogens is 274 g/mol. The van der Waals surface area contributed by atoms with Gasteiger partial charge in [0.15, 0.2) is 0 Å². The largest absolute Gasteiger partial charge is 0.480 e. The van der Waals surface area contributed by atoms with Crippen LogP contribution in [-0.4, -0.2) is 35.9 Å². The molecule has 1 unspecified atom stereocenters. The highest BCUT2D eigenvalue weighted by Gasteiger charge is 2.27. The third-order valence-corrected chi connectivity index (χ3v) is 3.33. The zero-order valence-electron chi connectivity index (χ0n) is 11.7. The Kier molecular flexibility index (Phi) is 5.57. The fraction of sp³-hybridized carbons (Fsp3) is 0.467. The van der Waals surface area contributed by atoms with Gasteiger partial charge in [0.2, 0.25) is 0 Å². The van der Waals surface area contributed by atoms with E-state index in [1.54, 1.807) is 0 Å². The summed E-state index contributed by atoms with van der Waals surface area (Å²) >= 11 is 0. The SMILES string of the molecule is O=C(NC(C[C@@H]1CCCO1)C(=O)O)OCc1ccccc1. The Bertz CT molecular complexity index is 470. The normalized spacial score (nSPS) is 19.0. The number of aliphatic carboxylic acids is 1. The molecule has 2 atom stereocenters. The van der Waals surface area contributed by atoms with Crippen molar-refractivity contribution < 1.29 is 24.2 Å². The lowest BCUT2D eigenvalue weighted by atomic mass is 10.1. The summed E-state index contributed by atoms with van der Waals surface area (Å²) in [5.41, 5.74) is 0.846. The smallest absolute Gasteiger partial charge is 0.408 e. The number of carbonyl (C=O) groups is 2. The molecule has 1 heterocycles. The molecule has 1 fully saturated rings. The van der Waals surface area contributed by atoms with Crippen LogP contribution in [0.25, 0.3) is 0 Å². The Labute approximate surface area is 123 Å². The molecule has 0 bridgehead atoms. The van der Waals surface area contributed by atoms with Crippen LogP contribution >= 0.6 is 0 Å². The molecule has 1 aromatic rings. The van der Waals surface area contributed by atoms with Crippen LogP contribution in [0, 0.1) is 0 Å². The molecule has 2 N–H and O–H groups in total. The molecule has 1 aliphatic heterocycles. The van der Waals surface area contributed by atoms with Crippen molar-refractivity contribution in [2.24, 2.45) is 0 Å². The molecule has 6 nitrogen and oxygen atoms in total. The number of nitrogens with one attached hydrogen (secondary N) is 1. The molecule has 114 valence electrons. The van der Waals surface area contributed by atoms with Gasteiger partial charge in [0.05, 0.1) is 6.10 Å². The summed E-state index contributed by atoms with van der Waals surface area (Å²) in [6.45, 7) is 0.758. The van der Waals surface area contributed by atoms with Crippen LogP contribution in [0.2, 0.25) is 0 Å². The Morgan fingerprint density at radius 3 is 2.76 bits per heavy atom. The summed E-state index contributed by atoms with van der Waals surface area (Å²) in [7, 11) is 0. The minimum Gasteiger partial charge on any atom is -0.480 e. The van der Waals surface area contributed by atoms with Crippen molar-refractivity contribution in [3.8, 4) is 0 Å². The van der Waals surface area contributed by atoms with Crippen molar-refractivity contribution in [2.45, 2.75) is 38.0 Å². The van der Waals surface area contributed by atoms with Gasteiger partial charge in [0.25, 0.3) is 0 Å². The maximum Gasteiger partial charge on any atom is 0.408 e. The summed E-state index contributed by atoms with van der Waals surface area (Å²) in [4.78, 5) is 22.8. The first-order chi connectivity index (χ1) is 10.1. The predicted molar refractivity (Wildman–Crippen MR) is 74.8 cm³/mol. The lowest BCUT2D eigenvalue weighted by Gasteiger charge is -2.17. The molecule has 0 spiro atoms. The standard InChI is InChI=1S/C15H19NO5/c17-14(18)13(9-12-7-4-8-20-12)16-15(19)21-10-11-5-2-1-3-6-11/h1-3,5-6,12-13H,4,7-10H2,(H,16,19)(H,17,18)/t12-,13?/m0/s1. The number of rotatable bonds is 6.